The largest absolute Gasteiger partial charge is 0.389 e. The Morgan fingerprint density at radius 1 is 1.71 bits per heavy atom. The van der Waals surface area contributed by atoms with Crippen LogP contribution in [0.15, 0.2) is 5.38 Å². The molecule has 1 aliphatic rings. The van der Waals surface area contributed by atoms with Gasteiger partial charge in [0.25, 0.3) is 0 Å². The molecular weight excluding hydrogens is 198 g/mol. The lowest BCUT2D eigenvalue weighted by Crippen LogP contribution is -2.49. The van der Waals surface area contributed by atoms with Crippen molar-refractivity contribution in [3.63, 3.8) is 0 Å². The molecule has 1 aromatic heterocycles. The van der Waals surface area contributed by atoms with Crippen LogP contribution in [0.5, 0.6) is 0 Å². The maximum atomic E-state index is 10.1. The zero-order valence-corrected chi connectivity index (χ0v) is 9.30. The minimum atomic E-state index is -0.565. The Morgan fingerprint density at radius 2 is 2.43 bits per heavy atom. The number of thiazole rings is 1. The molecule has 0 aromatic carbocycles. The molecule has 0 unspecified atom stereocenters. The lowest BCUT2D eigenvalue weighted by molar-refractivity contribution is -0.126. The van der Waals surface area contributed by atoms with Crippen LogP contribution in [0.1, 0.15) is 23.5 Å². The Morgan fingerprint density at radius 3 is 2.93 bits per heavy atom. The summed E-state index contributed by atoms with van der Waals surface area (Å²) in [4.78, 5) is 4.35. The molecule has 1 aliphatic carbocycles. The van der Waals surface area contributed by atoms with E-state index in [9.17, 15) is 5.11 Å². The van der Waals surface area contributed by atoms with Crippen molar-refractivity contribution < 1.29 is 9.84 Å². The Kier molecular flexibility index (Phi) is 2.60. The fraction of sp³-hybridized carbons (Fsp3) is 0.700. The number of methoxy groups -OCH3 is 1. The molecule has 0 aliphatic heterocycles. The first-order valence-corrected chi connectivity index (χ1v) is 5.65. The smallest absolute Gasteiger partial charge is 0.0956 e. The van der Waals surface area contributed by atoms with Crippen molar-refractivity contribution in [2.24, 2.45) is 0 Å². The van der Waals surface area contributed by atoms with Crippen molar-refractivity contribution in [2.75, 3.05) is 7.11 Å². The molecule has 2 rings (SSSR count). The van der Waals surface area contributed by atoms with Crippen LogP contribution in [0.3, 0.4) is 0 Å². The van der Waals surface area contributed by atoms with Crippen LogP contribution in [0.25, 0.3) is 0 Å². The zero-order chi connectivity index (χ0) is 10.2. The summed E-state index contributed by atoms with van der Waals surface area (Å²) >= 11 is 1.62. The van der Waals surface area contributed by atoms with Gasteiger partial charge in [0.15, 0.2) is 0 Å². The summed E-state index contributed by atoms with van der Waals surface area (Å²) in [6, 6.07) is 0. The predicted molar refractivity (Wildman–Crippen MR) is 55.5 cm³/mol. The van der Waals surface area contributed by atoms with Gasteiger partial charge in [0.1, 0.15) is 0 Å². The molecule has 78 valence electrons. The Balaban J connectivity index is 1.93. The Labute approximate surface area is 87.7 Å². The average molecular weight is 213 g/mol. The van der Waals surface area contributed by atoms with Gasteiger partial charge in [0, 0.05) is 37.4 Å². The third-order valence-corrected chi connectivity index (χ3v) is 3.66. The molecule has 0 bridgehead atoms. The second-order valence-corrected chi connectivity index (χ2v) is 4.99. The average Bonchev–Trinajstić information content (AvgIpc) is 2.46. The SMILES string of the molecule is COC1CC(O)(Cc2nc(C)cs2)C1. The molecule has 0 amide bonds. The monoisotopic (exact) mass is 213 g/mol. The molecule has 0 atom stereocenters. The number of hydrogen-bond donors (Lipinski definition) is 1. The van der Waals surface area contributed by atoms with E-state index in [4.69, 9.17) is 4.74 Å². The highest BCUT2D eigenvalue weighted by Gasteiger charge is 2.43. The summed E-state index contributed by atoms with van der Waals surface area (Å²) in [6.07, 6.45) is 2.39. The van der Waals surface area contributed by atoms with Crippen LogP contribution in [0.4, 0.5) is 0 Å². The van der Waals surface area contributed by atoms with E-state index in [0.717, 1.165) is 23.5 Å². The Bertz CT molecular complexity index is 318. The molecule has 14 heavy (non-hydrogen) atoms. The molecular formula is C10H15NO2S. The number of rotatable bonds is 3. The number of hydrogen-bond acceptors (Lipinski definition) is 4. The molecule has 0 radical (unpaired) electrons. The summed E-state index contributed by atoms with van der Waals surface area (Å²) in [5.74, 6) is 0. The van der Waals surface area contributed by atoms with Gasteiger partial charge in [-0.25, -0.2) is 4.98 Å². The van der Waals surface area contributed by atoms with Crippen molar-refractivity contribution in [1.29, 1.82) is 0 Å². The molecule has 0 saturated heterocycles. The second kappa shape index (κ2) is 3.61. The number of nitrogens with zero attached hydrogens (tertiary/aromatic N) is 1. The van der Waals surface area contributed by atoms with E-state index in [0.29, 0.717) is 6.42 Å². The molecule has 1 aromatic rings. The number of aryl methyl sites for hydroxylation is 1. The van der Waals surface area contributed by atoms with Crippen LogP contribution in [0.2, 0.25) is 0 Å². The van der Waals surface area contributed by atoms with Gasteiger partial charge in [-0.15, -0.1) is 11.3 Å². The van der Waals surface area contributed by atoms with Gasteiger partial charge in [-0.2, -0.15) is 0 Å². The van der Waals surface area contributed by atoms with Gasteiger partial charge in [-0.3, -0.25) is 0 Å². The van der Waals surface area contributed by atoms with E-state index in [1.165, 1.54) is 0 Å². The number of ether oxygens (including phenoxy) is 1. The van der Waals surface area contributed by atoms with Crippen molar-refractivity contribution in [3.05, 3.63) is 16.1 Å². The standard InChI is InChI=1S/C10H15NO2S/c1-7-6-14-9(11-7)5-10(12)3-8(4-10)13-2/h6,8,12H,3-5H2,1-2H3. The third kappa shape index (κ3) is 1.97. The van der Waals surface area contributed by atoms with E-state index in [1.54, 1.807) is 18.4 Å². The van der Waals surface area contributed by atoms with Gasteiger partial charge >= 0.3 is 0 Å². The van der Waals surface area contributed by atoms with Crippen LogP contribution in [-0.2, 0) is 11.2 Å². The molecule has 4 heteroatoms. The summed E-state index contributed by atoms with van der Waals surface area (Å²) in [5, 5.41) is 13.1. The van der Waals surface area contributed by atoms with E-state index in [-0.39, 0.29) is 6.10 Å². The lowest BCUT2D eigenvalue weighted by Gasteiger charge is -2.42. The third-order valence-electron chi connectivity index (χ3n) is 2.70. The molecule has 1 saturated carbocycles. The van der Waals surface area contributed by atoms with Crippen LogP contribution >= 0.6 is 11.3 Å². The highest BCUT2D eigenvalue weighted by molar-refractivity contribution is 7.09. The highest BCUT2D eigenvalue weighted by Crippen LogP contribution is 2.37. The van der Waals surface area contributed by atoms with E-state index < -0.39 is 5.60 Å². The number of aromatic nitrogens is 1. The number of aliphatic hydroxyl groups is 1. The van der Waals surface area contributed by atoms with Crippen molar-refractivity contribution in [3.8, 4) is 0 Å². The maximum Gasteiger partial charge on any atom is 0.0956 e. The first kappa shape index (κ1) is 10.1. The van der Waals surface area contributed by atoms with E-state index in [1.807, 2.05) is 12.3 Å². The van der Waals surface area contributed by atoms with Crippen molar-refractivity contribution in [2.45, 2.75) is 37.9 Å². The fourth-order valence-corrected chi connectivity index (χ4v) is 2.77. The molecule has 1 N–H and O–H groups in total. The van der Waals surface area contributed by atoms with E-state index >= 15 is 0 Å². The summed E-state index contributed by atoms with van der Waals surface area (Å²) in [6.45, 7) is 1.97. The van der Waals surface area contributed by atoms with Crippen LogP contribution in [0, 0.1) is 6.92 Å². The molecule has 1 fully saturated rings. The quantitative estimate of drug-likeness (QED) is 0.828. The maximum absolute atomic E-state index is 10.1. The van der Waals surface area contributed by atoms with Gasteiger partial charge in [0.2, 0.25) is 0 Å². The van der Waals surface area contributed by atoms with Crippen LogP contribution < -0.4 is 0 Å². The van der Waals surface area contributed by atoms with Gasteiger partial charge in [0.05, 0.1) is 16.7 Å². The first-order valence-electron chi connectivity index (χ1n) is 4.77. The van der Waals surface area contributed by atoms with Crippen LogP contribution in [-0.4, -0.2) is 28.9 Å². The van der Waals surface area contributed by atoms with Gasteiger partial charge in [-0.05, 0) is 6.92 Å². The first-order chi connectivity index (χ1) is 6.61. The highest BCUT2D eigenvalue weighted by atomic mass is 32.1. The van der Waals surface area contributed by atoms with Gasteiger partial charge in [-0.1, -0.05) is 0 Å². The molecule has 0 spiro atoms. The van der Waals surface area contributed by atoms with Crippen molar-refractivity contribution in [1.82, 2.24) is 4.98 Å². The van der Waals surface area contributed by atoms with E-state index in [2.05, 4.69) is 4.98 Å². The molecule has 3 nitrogen and oxygen atoms in total. The Hall–Kier alpha value is -0.450. The second-order valence-electron chi connectivity index (χ2n) is 4.05. The zero-order valence-electron chi connectivity index (χ0n) is 8.49. The minimum absolute atomic E-state index is 0.237. The fourth-order valence-electron chi connectivity index (χ4n) is 1.86. The lowest BCUT2D eigenvalue weighted by atomic mass is 9.75. The summed E-state index contributed by atoms with van der Waals surface area (Å²) in [5.41, 5.74) is 0.474. The summed E-state index contributed by atoms with van der Waals surface area (Å²) < 4.78 is 5.15. The predicted octanol–water partition coefficient (Wildman–Crippen LogP) is 1.53. The minimum Gasteiger partial charge on any atom is -0.389 e. The van der Waals surface area contributed by atoms with Crippen molar-refractivity contribution >= 4 is 11.3 Å². The summed E-state index contributed by atoms with van der Waals surface area (Å²) in [7, 11) is 1.69. The molecule has 1 heterocycles. The normalized spacial score (nSPS) is 31.5. The van der Waals surface area contributed by atoms with Gasteiger partial charge < -0.3 is 9.84 Å². The topological polar surface area (TPSA) is 42.4 Å².